The number of piperazine rings is 1. The molecule has 11 heteroatoms. The number of carbonyl (C=O) groups excluding carboxylic acids is 1. The summed E-state index contributed by atoms with van der Waals surface area (Å²) < 4.78 is 2.07. The maximum atomic E-state index is 12.2. The SMILES string of the molecule is CC(C)N(CCNc1nc(N2CCN(c3ccccn3)CC2)nc2c1ncn2CCN1CCCC1=O)C(C)C. The van der Waals surface area contributed by atoms with Crippen molar-refractivity contribution in [2.24, 2.45) is 0 Å². The molecular weight excluding hydrogens is 492 g/mol. The van der Waals surface area contributed by atoms with Crippen molar-refractivity contribution in [3.8, 4) is 0 Å². The maximum absolute atomic E-state index is 12.2. The number of anilines is 3. The van der Waals surface area contributed by atoms with E-state index < -0.39 is 0 Å². The van der Waals surface area contributed by atoms with Gasteiger partial charge in [-0.05, 0) is 46.2 Å². The van der Waals surface area contributed by atoms with Gasteiger partial charge in [-0.2, -0.15) is 9.97 Å². The molecule has 3 aromatic rings. The summed E-state index contributed by atoms with van der Waals surface area (Å²) in [5.74, 6) is 2.73. The molecule has 0 radical (unpaired) electrons. The quantitative estimate of drug-likeness (QED) is 0.398. The zero-order valence-corrected chi connectivity index (χ0v) is 23.8. The molecule has 1 amide bonds. The predicted octanol–water partition coefficient (Wildman–Crippen LogP) is 2.70. The van der Waals surface area contributed by atoms with Gasteiger partial charge in [-0.3, -0.25) is 9.69 Å². The summed E-state index contributed by atoms with van der Waals surface area (Å²) in [4.78, 5) is 40.3. The Morgan fingerprint density at radius 3 is 2.38 bits per heavy atom. The van der Waals surface area contributed by atoms with Gasteiger partial charge < -0.3 is 24.6 Å². The molecular formula is C28H42N10O. The molecule has 3 aromatic heterocycles. The van der Waals surface area contributed by atoms with Gasteiger partial charge in [-0.1, -0.05) is 6.07 Å². The van der Waals surface area contributed by atoms with E-state index in [1.807, 2.05) is 29.6 Å². The highest BCUT2D eigenvalue weighted by molar-refractivity contribution is 5.84. The molecule has 210 valence electrons. The molecule has 5 rings (SSSR count). The Labute approximate surface area is 231 Å². The first-order chi connectivity index (χ1) is 18.9. The Balaban J connectivity index is 1.36. The number of imidazole rings is 1. The lowest BCUT2D eigenvalue weighted by Crippen LogP contribution is -2.47. The van der Waals surface area contributed by atoms with Gasteiger partial charge in [0.05, 0.1) is 6.33 Å². The van der Waals surface area contributed by atoms with E-state index in [9.17, 15) is 4.79 Å². The van der Waals surface area contributed by atoms with Crippen LogP contribution in [-0.4, -0.2) is 105 Å². The van der Waals surface area contributed by atoms with Crippen LogP contribution in [0.5, 0.6) is 0 Å². The fraction of sp³-hybridized carbons (Fsp3) is 0.607. The second kappa shape index (κ2) is 12.1. The maximum Gasteiger partial charge on any atom is 0.229 e. The molecule has 39 heavy (non-hydrogen) atoms. The van der Waals surface area contributed by atoms with Crippen LogP contribution in [0.1, 0.15) is 40.5 Å². The molecule has 0 saturated carbocycles. The van der Waals surface area contributed by atoms with Crippen molar-refractivity contribution < 1.29 is 4.79 Å². The van der Waals surface area contributed by atoms with Crippen molar-refractivity contribution in [1.29, 1.82) is 0 Å². The van der Waals surface area contributed by atoms with Crippen LogP contribution in [0.15, 0.2) is 30.7 Å². The van der Waals surface area contributed by atoms with Crippen LogP contribution in [0, 0.1) is 0 Å². The number of nitrogens with one attached hydrogen (secondary N) is 1. The van der Waals surface area contributed by atoms with Crippen molar-refractivity contribution >= 4 is 34.7 Å². The van der Waals surface area contributed by atoms with Gasteiger partial charge in [0.1, 0.15) is 5.82 Å². The second-order valence-electron chi connectivity index (χ2n) is 11.0. The molecule has 2 fully saturated rings. The summed E-state index contributed by atoms with van der Waals surface area (Å²) in [7, 11) is 0. The molecule has 0 unspecified atom stereocenters. The Morgan fingerprint density at radius 1 is 0.949 bits per heavy atom. The zero-order valence-electron chi connectivity index (χ0n) is 23.8. The minimum absolute atomic E-state index is 0.239. The van der Waals surface area contributed by atoms with Gasteiger partial charge >= 0.3 is 0 Å². The van der Waals surface area contributed by atoms with Crippen LogP contribution in [0.25, 0.3) is 11.2 Å². The molecule has 0 atom stereocenters. The van der Waals surface area contributed by atoms with Crippen LogP contribution in [-0.2, 0) is 11.3 Å². The van der Waals surface area contributed by atoms with E-state index in [-0.39, 0.29) is 5.91 Å². The van der Waals surface area contributed by atoms with Gasteiger partial charge in [0.2, 0.25) is 11.9 Å². The van der Waals surface area contributed by atoms with Crippen molar-refractivity contribution in [3.63, 3.8) is 0 Å². The van der Waals surface area contributed by atoms with E-state index in [0.717, 1.165) is 75.0 Å². The number of fused-ring (bicyclic) bond motifs is 1. The van der Waals surface area contributed by atoms with Crippen molar-refractivity contribution in [3.05, 3.63) is 30.7 Å². The Kier molecular flexibility index (Phi) is 8.44. The highest BCUT2D eigenvalue weighted by Gasteiger charge is 2.24. The fourth-order valence-electron chi connectivity index (χ4n) is 5.62. The van der Waals surface area contributed by atoms with E-state index in [0.29, 0.717) is 37.5 Å². The van der Waals surface area contributed by atoms with Gasteiger partial charge in [0.15, 0.2) is 17.0 Å². The monoisotopic (exact) mass is 534 g/mol. The van der Waals surface area contributed by atoms with Gasteiger partial charge in [0.25, 0.3) is 0 Å². The smallest absolute Gasteiger partial charge is 0.229 e. The fourth-order valence-corrected chi connectivity index (χ4v) is 5.62. The minimum atomic E-state index is 0.239. The molecule has 0 aliphatic carbocycles. The number of nitrogens with zero attached hydrogens (tertiary/aromatic N) is 9. The number of carbonyl (C=O) groups is 1. The lowest BCUT2D eigenvalue weighted by atomic mass is 10.2. The van der Waals surface area contributed by atoms with E-state index in [1.165, 1.54) is 0 Å². The first-order valence-corrected chi connectivity index (χ1v) is 14.3. The molecule has 2 aliphatic rings. The number of rotatable bonds is 11. The van der Waals surface area contributed by atoms with Crippen molar-refractivity contribution in [2.45, 2.75) is 59.2 Å². The third kappa shape index (κ3) is 6.24. The van der Waals surface area contributed by atoms with Crippen LogP contribution >= 0.6 is 0 Å². The third-order valence-corrected chi connectivity index (χ3v) is 7.76. The number of amides is 1. The average Bonchev–Trinajstić information content (AvgIpc) is 3.55. The summed E-state index contributed by atoms with van der Waals surface area (Å²) in [6, 6.07) is 6.97. The Bertz CT molecular complexity index is 1230. The summed E-state index contributed by atoms with van der Waals surface area (Å²) >= 11 is 0. The average molecular weight is 535 g/mol. The number of pyridine rings is 1. The molecule has 2 aliphatic heterocycles. The van der Waals surface area contributed by atoms with E-state index in [4.69, 9.17) is 15.0 Å². The zero-order chi connectivity index (χ0) is 27.4. The molecule has 0 bridgehead atoms. The number of likely N-dealkylation sites (tertiary alicyclic amines) is 1. The summed E-state index contributed by atoms with van der Waals surface area (Å²) in [6.45, 7) is 16.1. The number of hydrogen-bond donors (Lipinski definition) is 1. The van der Waals surface area contributed by atoms with Gasteiger partial charge in [-0.25, -0.2) is 9.97 Å². The Morgan fingerprint density at radius 2 is 1.72 bits per heavy atom. The van der Waals surface area contributed by atoms with Crippen molar-refractivity contribution in [1.82, 2.24) is 34.3 Å². The summed E-state index contributed by atoms with van der Waals surface area (Å²) in [6.07, 6.45) is 5.27. The number of hydrogen-bond acceptors (Lipinski definition) is 9. The van der Waals surface area contributed by atoms with Crippen LogP contribution in [0.2, 0.25) is 0 Å². The lowest BCUT2D eigenvalue weighted by molar-refractivity contribution is -0.127. The molecule has 11 nitrogen and oxygen atoms in total. The standard InChI is InChI=1S/C28H42N10O/c1-21(2)38(22(3)4)13-11-30-26-25-27(37(20-31-25)19-16-35-12-7-9-24(35)39)33-28(32-26)36-17-14-34(15-18-36)23-8-5-6-10-29-23/h5-6,8,10,20-22H,7,9,11-19H2,1-4H3,(H,30,32,33). The molecule has 5 heterocycles. The number of aromatic nitrogens is 5. The molecule has 0 spiro atoms. The third-order valence-electron chi connectivity index (χ3n) is 7.76. The first kappa shape index (κ1) is 27.1. The van der Waals surface area contributed by atoms with E-state index >= 15 is 0 Å². The van der Waals surface area contributed by atoms with Crippen LogP contribution in [0.3, 0.4) is 0 Å². The predicted molar refractivity (Wildman–Crippen MR) is 155 cm³/mol. The molecule has 2 saturated heterocycles. The summed E-state index contributed by atoms with van der Waals surface area (Å²) in [5, 5.41) is 3.58. The van der Waals surface area contributed by atoms with Crippen molar-refractivity contribution in [2.75, 3.05) is 67.5 Å². The van der Waals surface area contributed by atoms with E-state index in [1.54, 1.807) is 0 Å². The minimum Gasteiger partial charge on any atom is -0.367 e. The normalized spacial score (nSPS) is 16.5. The second-order valence-corrected chi connectivity index (χ2v) is 11.0. The topological polar surface area (TPSA) is 98.6 Å². The largest absolute Gasteiger partial charge is 0.367 e. The lowest BCUT2D eigenvalue weighted by Gasteiger charge is -2.35. The first-order valence-electron chi connectivity index (χ1n) is 14.3. The van der Waals surface area contributed by atoms with Gasteiger partial charge in [-0.15, -0.1) is 0 Å². The van der Waals surface area contributed by atoms with Gasteiger partial charge in [0, 0.05) is 83.6 Å². The highest BCUT2D eigenvalue weighted by Crippen LogP contribution is 2.24. The summed E-state index contributed by atoms with van der Waals surface area (Å²) in [5.41, 5.74) is 1.59. The van der Waals surface area contributed by atoms with E-state index in [2.05, 4.69) is 63.3 Å². The highest BCUT2D eigenvalue weighted by atomic mass is 16.2. The molecule has 1 N–H and O–H groups in total. The van der Waals surface area contributed by atoms with Crippen LogP contribution < -0.4 is 15.1 Å². The molecule has 0 aromatic carbocycles. The Hall–Kier alpha value is -3.47. The van der Waals surface area contributed by atoms with Crippen LogP contribution in [0.4, 0.5) is 17.6 Å².